The van der Waals surface area contributed by atoms with Crippen molar-refractivity contribution in [2.75, 3.05) is 35.7 Å². The Labute approximate surface area is 186 Å². The molecule has 1 heterocycles. The van der Waals surface area contributed by atoms with Crippen molar-refractivity contribution in [3.05, 3.63) is 90.0 Å². The Hall–Kier alpha value is -1.58. The fourth-order valence-electron chi connectivity index (χ4n) is 3.88. The van der Waals surface area contributed by atoms with E-state index in [-0.39, 0.29) is 24.0 Å². The van der Waals surface area contributed by atoms with Crippen LogP contribution in [0.4, 0.5) is 11.4 Å². The third-order valence-electron chi connectivity index (χ3n) is 5.48. The standard InChI is InChI=1S/C24H28N2P.HI/c1-20-9-13-22(14-10-20)25-17-26(23-15-11-21(2)12-16-23)19-27(3,18-25)24-7-5-4-6-8-24;/h4-16H,17-19H2,1-3H3;1H/q+1;/p-1. The maximum Gasteiger partial charge on any atom is 0.138 e. The molecule has 4 heteroatoms. The molecular formula is C24H28IN2P. The lowest BCUT2D eigenvalue weighted by Crippen LogP contribution is -3.00. The number of benzene rings is 3. The molecule has 2 nitrogen and oxygen atoms in total. The van der Waals surface area contributed by atoms with Gasteiger partial charge in [0.25, 0.3) is 0 Å². The first-order valence-corrected chi connectivity index (χ1v) is 12.2. The first kappa shape index (κ1) is 21.1. The van der Waals surface area contributed by atoms with Gasteiger partial charge in [-0.05, 0) is 50.2 Å². The van der Waals surface area contributed by atoms with Crippen LogP contribution in [0.3, 0.4) is 0 Å². The topological polar surface area (TPSA) is 6.48 Å². The van der Waals surface area contributed by atoms with Crippen molar-refractivity contribution in [1.29, 1.82) is 0 Å². The molecule has 0 N–H and O–H groups in total. The molecule has 1 saturated heterocycles. The maximum absolute atomic E-state index is 2.56. The van der Waals surface area contributed by atoms with Crippen LogP contribution in [-0.2, 0) is 0 Å². The summed E-state index contributed by atoms with van der Waals surface area (Å²) in [6.07, 6.45) is 2.25. The summed E-state index contributed by atoms with van der Waals surface area (Å²) in [5, 5.41) is 1.51. The number of rotatable bonds is 3. The van der Waals surface area contributed by atoms with Crippen LogP contribution in [0, 0.1) is 13.8 Å². The molecule has 28 heavy (non-hydrogen) atoms. The van der Waals surface area contributed by atoms with Gasteiger partial charge in [-0.25, -0.2) is 0 Å². The van der Waals surface area contributed by atoms with Gasteiger partial charge < -0.3 is 33.8 Å². The molecule has 0 atom stereocenters. The van der Waals surface area contributed by atoms with E-state index in [0.717, 1.165) is 19.2 Å². The molecule has 1 aliphatic rings. The van der Waals surface area contributed by atoms with Gasteiger partial charge in [0.05, 0.1) is 25.9 Å². The van der Waals surface area contributed by atoms with Crippen LogP contribution in [0.2, 0.25) is 0 Å². The highest BCUT2D eigenvalue weighted by molar-refractivity contribution is 7.82. The molecule has 0 saturated carbocycles. The van der Waals surface area contributed by atoms with Crippen molar-refractivity contribution in [2.24, 2.45) is 0 Å². The van der Waals surface area contributed by atoms with E-state index in [9.17, 15) is 0 Å². The van der Waals surface area contributed by atoms with Crippen molar-refractivity contribution < 1.29 is 24.0 Å². The van der Waals surface area contributed by atoms with Crippen molar-refractivity contribution in [3.63, 3.8) is 0 Å². The van der Waals surface area contributed by atoms with Crippen LogP contribution in [0.5, 0.6) is 0 Å². The number of nitrogens with zero attached hydrogens (tertiary/aromatic N) is 2. The average Bonchev–Trinajstić information content (AvgIpc) is 2.69. The summed E-state index contributed by atoms with van der Waals surface area (Å²) >= 11 is 0. The summed E-state index contributed by atoms with van der Waals surface area (Å²) < 4.78 is 0. The number of anilines is 2. The molecule has 0 bridgehead atoms. The van der Waals surface area contributed by atoms with Gasteiger partial charge in [-0.1, -0.05) is 53.6 Å². The van der Waals surface area contributed by atoms with Gasteiger partial charge in [0.1, 0.15) is 12.6 Å². The Balaban J connectivity index is 0.00000225. The van der Waals surface area contributed by atoms with Gasteiger partial charge in [-0.15, -0.1) is 0 Å². The summed E-state index contributed by atoms with van der Waals surface area (Å²) in [7, 11) is -1.33. The van der Waals surface area contributed by atoms with Crippen molar-refractivity contribution in [1.82, 2.24) is 0 Å². The van der Waals surface area contributed by atoms with Gasteiger partial charge in [0.2, 0.25) is 0 Å². The van der Waals surface area contributed by atoms with Crippen LogP contribution >= 0.6 is 7.26 Å². The lowest BCUT2D eigenvalue weighted by Gasteiger charge is -2.43. The van der Waals surface area contributed by atoms with Crippen LogP contribution in [-0.4, -0.2) is 25.9 Å². The monoisotopic (exact) mass is 502 g/mol. The lowest BCUT2D eigenvalue weighted by molar-refractivity contribution is -0.00000559. The molecular weight excluding hydrogens is 474 g/mol. The Morgan fingerprint density at radius 1 is 0.643 bits per heavy atom. The molecule has 0 aromatic heterocycles. The van der Waals surface area contributed by atoms with E-state index in [0.29, 0.717) is 0 Å². The Morgan fingerprint density at radius 2 is 1.07 bits per heavy atom. The number of halogens is 1. The lowest BCUT2D eigenvalue weighted by atomic mass is 10.2. The molecule has 1 fully saturated rings. The van der Waals surface area contributed by atoms with Gasteiger partial charge in [0, 0.05) is 11.4 Å². The second-order valence-electron chi connectivity index (χ2n) is 7.91. The van der Waals surface area contributed by atoms with Crippen LogP contribution in [0.25, 0.3) is 0 Å². The molecule has 146 valence electrons. The highest BCUT2D eigenvalue weighted by atomic mass is 127. The van der Waals surface area contributed by atoms with Crippen LogP contribution in [0.15, 0.2) is 78.9 Å². The number of aryl methyl sites for hydroxylation is 2. The van der Waals surface area contributed by atoms with Gasteiger partial charge >= 0.3 is 0 Å². The molecule has 0 amide bonds. The van der Waals surface area contributed by atoms with Crippen LogP contribution in [0.1, 0.15) is 11.1 Å². The Kier molecular flexibility index (Phi) is 6.67. The van der Waals surface area contributed by atoms with E-state index in [2.05, 4.69) is 109 Å². The molecule has 1 aliphatic heterocycles. The maximum atomic E-state index is 2.56. The van der Waals surface area contributed by atoms with E-state index in [1.54, 1.807) is 0 Å². The van der Waals surface area contributed by atoms with E-state index in [4.69, 9.17) is 0 Å². The first-order valence-electron chi connectivity index (χ1n) is 9.57. The number of hydrogen-bond donors (Lipinski definition) is 0. The minimum absolute atomic E-state index is 0. The van der Waals surface area contributed by atoms with Gasteiger partial charge in [-0.2, -0.15) is 0 Å². The molecule has 4 rings (SSSR count). The predicted octanol–water partition coefficient (Wildman–Crippen LogP) is 2.48. The second kappa shape index (κ2) is 8.84. The molecule has 3 aromatic rings. The molecule has 0 radical (unpaired) electrons. The van der Waals surface area contributed by atoms with Crippen molar-refractivity contribution in [2.45, 2.75) is 13.8 Å². The second-order valence-corrected chi connectivity index (χ2v) is 11.8. The van der Waals surface area contributed by atoms with Crippen molar-refractivity contribution >= 4 is 23.9 Å². The first-order chi connectivity index (χ1) is 13.0. The van der Waals surface area contributed by atoms with E-state index >= 15 is 0 Å². The van der Waals surface area contributed by atoms with Gasteiger partial charge in [0.15, 0.2) is 0 Å². The number of hydrogen-bond acceptors (Lipinski definition) is 2. The van der Waals surface area contributed by atoms with Crippen LogP contribution < -0.4 is 39.1 Å². The Morgan fingerprint density at radius 3 is 1.50 bits per heavy atom. The summed E-state index contributed by atoms with van der Waals surface area (Å²) in [4.78, 5) is 5.12. The smallest absolute Gasteiger partial charge is 0.138 e. The van der Waals surface area contributed by atoms with E-state index < -0.39 is 7.26 Å². The highest BCUT2D eigenvalue weighted by Crippen LogP contribution is 2.57. The zero-order valence-electron chi connectivity index (χ0n) is 16.8. The third-order valence-corrected chi connectivity index (χ3v) is 8.96. The largest absolute Gasteiger partial charge is 1.00 e. The molecule has 0 aliphatic carbocycles. The Bertz CT molecular complexity index is 841. The SMILES string of the molecule is Cc1ccc(N2CN(c3ccc(C)cc3)C[P+](C)(c3ccccc3)C2)cc1.[I-]. The fourth-order valence-corrected chi connectivity index (χ4v) is 7.20. The average molecular weight is 502 g/mol. The predicted molar refractivity (Wildman–Crippen MR) is 121 cm³/mol. The summed E-state index contributed by atoms with van der Waals surface area (Å²) in [5.41, 5.74) is 5.26. The summed E-state index contributed by atoms with van der Waals surface area (Å²) in [6, 6.07) is 29.1. The highest BCUT2D eigenvalue weighted by Gasteiger charge is 2.43. The summed E-state index contributed by atoms with van der Waals surface area (Å²) in [6.45, 7) is 7.75. The molecule has 0 spiro atoms. The fraction of sp³-hybridized carbons (Fsp3) is 0.250. The van der Waals surface area contributed by atoms with Crippen molar-refractivity contribution in [3.8, 4) is 0 Å². The van der Waals surface area contributed by atoms with Gasteiger partial charge in [-0.3, -0.25) is 0 Å². The zero-order valence-corrected chi connectivity index (χ0v) is 19.9. The zero-order chi connectivity index (χ0) is 18.9. The minimum atomic E-state index is -1.33. The van der Waals surface area contributed by atoms with E-state index in [1.165, 1.54) is 27.8 Å². The van der Waals surface area contributed by atoms with E-state index in [1.807, 2.05) is 0 Å². The summed E-state index contributed by atoms with van der Waals surface area (Å²) in [5.74, 6) is 0. The molecule has 0 unspecified atom stereocenters. The minimum Gasteiger partial charge on any atom is -1.00 e. The quantitative estimate of drug-likeness (QED) is 0.402. The molecule has 3 aromatic carbocycles. The third kappa shape index (κ3) is 4.52. The normalized spacial score (nSPS) is 15.8.